The Hall–Kier alpha value is -1.10. The first-order chi connectivity index (χ1) is 11.0. The molecule has 1 fully saturated rings. The van der Waals surface area contributed by atoms with Crippen LogP contribution in [0.2, 0.25) is 0 Å². The third-order valence-electron chi connectivity index (χ3n) is 5.08. The van der Waals surface area contributed by atoms with Crippen LogP contribution in [0.1, 0.15) is 65.7 Å². The summed E-state index contributed by atoms with van der Waals surface area (Å²) in [6.07, 6.45) is 7.06. The van der Waals surface area contributed by atoms with Gasteiger partial charge in [0.05, 0.1) is 6.54 Å². The van der Waals surface area contributed by atoms with Gasteiger partial charge in [0, 0.05) is 25.6 Å². The molecule has 0 bridgehead atoms. The molecule has 0 aromatic heterocycles. The highest BCUT2D eigenvalue weighted by Crippen LogP contribution is 2.21. The lowest BCUT2D eigenvalue weighted by molar-refractivity contribution is -0.140. The summed E-state index contributed by atoms with van der Waals surface area (Å²) in [4.78, 5) is 27.4. The van der Waals surface area contributed by atoms with Gasteiger partial charge in [-0.05, 0) is 31.7 Å². The van der Waals surface area contributed by atoms with E-state index in [0.29, 0.717) is 18.4 Å². The molecule has 23 heavy (non-hydrogen) atoms. The maximum atomic E-state index is 12.5. The van der Waals surface area contributed by atoms with Gasteiger partial charge in [-0.1, -0.05) is 40.0 Å². The van der Waals surface area contributed by atoms with Gasteiger partial charge in [0.15, 0.2) is 0 Å². The predicted octanol–water partition coefficient (Wildman–Crippen LogP) is 2.99. The molecule has 1 rings (SSSR count). The number of carbonyl (C=O) groups excluding carboxylic acids is 1. The monoisotopic (exact) mass is 326 g/mol. The largest absolute Gasteiger partial charge is 0.480 e. The highest BCUT2D eigenvalue weighted by molar-refractivity contribution is 5.76. The standard InChI is InChI=1S/C18H34N2O3/c1-4-7-8-15(5-2)13-17(21)20-11-9-16(10-12-20)19(6-3)14-18(22)23/h15-16H,4-14H2,1-3H3,(H,22,23). The normalized spacial score (nSPS) is 17.5. The molecule has 0 saturated carbocycles. The summed E-state index contributed by atoms with van der Waals surface area (Å²) in [6.45, 7) is 8.75. The second-order valence-electron chi connectivity index (χ2n) is 6.69. The van der Waals surface area contributed by atoms with E-state index < -0.39 is 5.97 Å². The summed E-state index contributed by atoms with van der Waals surface area (Å²) in [5.41, 5.74) is 0. The van der Waals surface area contributed by atoms with Crippen LogP contribution in [0.4, 0.5) is 0 Å². The van der Waals surface area contributed by atoms with Crippen molar-refractivity contribution in [2.45, 2.75) is 71.8 Å². The van der Waals surface area contributed by atoms with Gasteiger partial charge in [-0.25, -0.2) is 0 Å². The molecule has 1 amide bonds. The van der Waals surface area contributed by atoms with E-state index in [0.717, 1.165) is 45.3 Å². The van der Waals surface area contributed by atoms with Crippen LogP contribution in [0.25, 0.3) is 0 Å². The molecule has 0 aromatic rings. The zero-order valence-electron chi connectivity index (χ0n) is 15.1. The Morgan fingerprint density at radius 1 is 1.22 bits per heavy atom. The highest BCUT2D eigenvalue weighted by Gasteiger charge is 2.27. The van der Waals surface area contributed by atoms with Gasteiger partial charge in [-0.15, -0.1) is 0 Å². The molecule has 1 saturated heterocycles. The Kier molecular flexibility index (Phi) is 9.22. The molecule has 0 radical (unpaired) electrons. The van der Waals surface area contributed by atoms with Gasteiger partial charge in [-0.3, -0.25) is 14.5 Å². The van der Waals surface area contributed by atoms with E-state index >= 15 is 0 Å². The molecule has 1 aliphatic heterocycles. The lowest BCUT2D eigenvalue weighted by atomic mass is 9.94. The number of aliphatic carboxylic acids is 1. The molecular weight excluding hydrogens is 292 g/mol. The minimum Gasteiger partial charge on any atom is -0.480 e. The van der Waals surface area contributed by atoms with E-state index in [1.165, 1.54) is 12.8 Å². The van der Waals surface area contributed by atoms with Gasteiger partial charge >= 0.3 is 5.97 Å². The first-order valence-corrected chi connectivity index (χ1v) is 9.25. The number of hydrogen-bond donors (Lipinski definition) is 1. The number of likely N-dealkylation sites (N-methyl/N-ethyl adjacent to an activating group) is 1. The summed E-state index contributed by atoms with van der Waals surface area (Å²) in [7, 11) is 0. The summed E-state index contributed by atoms with van der Waals surface area (Å²) in [5.74, 6) is 0.0269. The fraction of sp³-hybridized carbons (Fsp3) is 0.889. The number of hydrogen-bond acceptors (Lipinski definition) is 3. The van der Waals surface area contributed by atoms with E-state index in [2.05, 4.69) is 13.8 Å². The van der Waals surface area contributed by atoms with Crippen molar-refractivity contribution in [1.82, 2.24) is 9.80 Å². The summed E-state index contributed by atoms with van der Waals surface area (Å²) >= 11 is 0. The van der Waals surface area contributed by atoms with Gasteiger partial charge in [-0.2, -0.15) is 0 Å². The molecule has 5 nitrogen and oxygen atoms in total. The van der Waals surface area contributed by atoms with Crippen molar-refractivity contribution in [3.05, 3.63) is 0 Å². The number of piperidine rings is 1. The van der Waals surface area contributed by atoms with Gasteiger partial charge in [0.1, 0.15) is 0 Å². The van der Waals surface area contributed by atoms with E-state index in [9.17, 15) is 9.59 Å². The number of amides is 1. The zero-order valence-corrected chi connectivity index (χ0v) is 15.1. The van der Waals surface area contributed by atoms with E-state index in [1.54, 1.807) is 0 Å². The van der Waals surface area contributed by atoms with E-state index in [1.807, 2.05) is 16.7 Å². The lowest BCUT2D eigenvalue weighted by Gasteiger charge is -2.38. The average molecular weight is 326 g/mol. The van der Waals surface area contributed by atoms with Crippen molar-refractivity contribution in [3.63, 3.8) is 0 Å². The molecule has 0 spiro atoms. The molecule has 0 aromatic carbocycles. The molecular formula is C18H34N2O3. The Morgan fingerprint density at radius 3 is 2.35 bits per heavy atom. The third kappa shape index (κ3) is 6.90. The fourth-order valence-electron chi connectivity index (χ4n) is 3.47. The first kappa shape index (κ1) is 19.9. The zero-order chi connectivity index (χ0) is 17.2. The second-order valence-corrected chi connectivity index (χ2v) is 6.69. The van der Waals surface area contributed by atoms with Crippen LogP contribution in [-0.2, 0) is 9.59 Å². The molecule has 0 aliphatic carbocycles. The number of carboxylic acid groups (broad SMARTS) is 1. The Balaban J connectivity index is 2.42. The van der Waals surface area contributed by atoms with Crippen molar-refractivity contribution in [1.29, 1.82) is 0 Å². The van der Waals surface area contributed by atoms with Gasteiger partial charge in [0.2, 0.25) is 5.91 Å². The number of carbonyl (C=O) groups is 2. The van der Waals surface area contributed by atoms with Crippen LogP contribution < -0.4 is 0 Å². The van der Waals surface area contributed by atoms with E-state index in [-0.39, 0.29) is 12.5 Å². The van der Waals surface area contributed by atoms with Crippen molar-refractivity contribution in [3.8, 4) is 0 Å². The van der Waals surface area contributed by atoms with Crippen LogP contribution in [0.5, 0.6) is 0 Å². The smallest absolute Gasteiger partial charge is 0.317 e. The van der Waals surface area contributed by atoms with Crippen LogP contribution in [0.15, 0.2) is 0 Å². The quantitative estimate of drug-likeness (QED) is 0.670. The van der Waals surface area contributed by atoms with Crippen LogP contribution in [0, 0.1) is 5.92 Å². The molecule has 1 atom stereocenters. The predicted molar refractivity (Wildman–Crippen MR) is 92.4 cm³/mol. The number of unbranched alkanes of at least 4 members (excludes halogenated alkanes) is 1. The Morgan fingerprint density at radius 2 is 1.87 bits per heavy atom. The highest BCUT2D eigenvalue weighted by atomic mass is 16.4. The molecule has 1 heterocycles. The molecule has 1 aliphatic rings. The SMILES string of the molecule is CCCCC(CC)CC(=O)N1CCC(N(CC)CC(=O)O)CC1. The van der Waals surface area contributed by atoms with Crippen molar-refractivity contribution < 1.29 is 14.7 Å². The van der Waals surface area contributed by atoms with Crippen molar-refractivity contribution in [2.24, 2.45) is 5.92 Å². The molecule has 1 unspecified atom stereocenters. The maximum absolute atomic E-state index is 12.5. The Labute approximate surface area is 141 Å². The first-order valence-electron chi connectivity index (χ1n) is 9.25. The lowest BCUT2D eigenvalue weighted by Crippen LogP contribution is -2.48. The molecule has 134 valence electrons. The van der Waals surface area contributed by atoms with Crippen molar-refractivity contribution in [2.75, 3.05) is 26.2 Å². The minimum absolute atomic E-state index is 0.101. The summed E-state index contributed by atoms with van der Waals surface area (Å²) in [5, 5.41) is 8.98. The van der Waals surface area contributed by atoms with Gasteiger partial charge < -0.3 is 10.0 Å². The van der Waals surface area contributed by atoms with Gasteiger partial charge in [0.25, 0.3) is 0 Å². The summed E-state index contributed by atoms with van der Waals surface area (Å²) < 4.78 is 0. The number of nitrogens with zero attached hydrogens (tertiary/aromatic N) is 2. The number of carboxylic acids is 1. The fourth-order valence-corrected chi connectivity index (χ4v) is 3.47. The van der Waals surface area contributed by atoms with E-state index in [4.69, 9.17) is 5.11 Å². The minimum atomic E-state index is -0.771. The van der Waals surface area contributed by atoms with Crippen LogP contribution >= 0.6 is 0 Å². The topological polar surface area (TPSA) is 60.9 Å². The Bertz CT molecular complexity index is 365. The van der Waals surface area contributed by atoms with Crippen LogP contribution in [-0.4, -0.2) is 59.0 Å². The average Bonchev–Trinajstić information content (AvgIpc) is 2.56. The van der Waals surface area contributed by atoms with Crippen molar-refractivity contribution >= 4 is 11.9 Å². The second kappa shape index (κ2) is 10.6. The molecule has 1 N–H and O–H groups in total. The number of rotatable bonds is 10. The van der Waals surface area contributed by atoms with Crippen LogP contribution in [0.3, 0.4) is 0 Å². The number of likely N-dealkylation sites (tertiary alicyclic amines) is 1. The molecule has 5 heteroatoms. The third-order valence-corrected chi connectivity index (χ3v) is 5.08. The summed E-state index contributed by atoms with van der Waals surface area (Å²) in [6, 6.07) is 0.294. The maximum Gasteiger partial charge on any atom is 0.317 e.